The summed E-state index contributed by atoms with van der Waals surface area (Å²) in [6.07, 6.45) is 1.18. The summed E-state index contributed by atoms with van der Waals surface area (Å²) >= 11 is 0. The molecular weight excluding hydrogens is 345 g/mol. The summed E-state index contributed by atoms with van der Waals surface area (Å²) in [6, 6.07) is 0. The Labute approximate surface area is 128 Å². The van der Waals surface area contributed by atoms with Crippen molar-refractivity contribution in [1.82, 2.24) is 9.80 Å². The van der Waals surface area contributed by atoms with Crippen LogP contribution in [0.5, 0.6) is 0 Å². The van der Waals surface area contributed by atoms with E-state index < -0.39 is 0 Å². The lowest BCUT2D eigenvalue weighted by Crippen LogP contribution is -2.39. The van der Waals surface area contributed by atoms with Crippen molar-refractivity contribution < 1.29 is 9.47 Å². The zero-order valence-electron chi connectivity index (χ0n) is 11.9. The highest BCUT2D eigenvalue weighted by atomic mass is 127. The molecule has 0 radical (unpaired) electrons. The fraction of sp³-hybridized carbons (Fsp3) is 0.917. The summed E-state index contributed by atoms with van der Waals surface area (Å²) in [5, 5.41) is 0. The van der Waals surface area contributed by atoms with E-state index in [1.807, 2.05) is 21.1 Å². The molecule has 1 rings (SSSR count). The van der Waals surface area contributed by atoms with Crippen LogP contribution in [0.1, 0.15) is 6.42 Å². The smallest absolute Gasteiger partial charge is 0.195 e. The molecule has 0 aromatic heterocycles. The Bertz CT molecular complexity index is 249. The number of ether oxygens (including phenoxy) is 2. The zero-order chi connectivity index (χ0) is 12.7. The molecule has 1 atom stereocenters. The summed E-state index contributed by atoms with van der Waals surface area (Å²) in [5.41, 5.74) is 0. The lowest BCUT2D eigenvalue weighted by atomic mass is 10.1. The van der Waals surface area contributed by atoms with Gasteiger partial charge in [0.15, 0.2) is 5.96 Å². The molecule has 5 nitrogen and oxygen atoms in total. The normalized spacial score (nSPS) is 19.9. The highest BCUT2D eigenvalue weighted by Gasteiger charge is 2.25. The van der Waals surface area contributed by atoms with Crippen LogP contribution in [0.25, 0.3) is 0 Å². The molecule has 18 heavy (non-hydrogen) atoms. The summed E-state index contributed by atoms with van der Waals surface area (Å²) in [6.45, 7) is 4.30. The fourth-order valence-corrected chi connectivity index (χ4v) is 2.17. The molecule has 0 aromatic rings. The first-order chi connectivity index (χ1) is 8.19. The van der Waals surface area contributed by atoms with E-state index in [0.29, 0.717) is 19.1 Å². The third-order valence-electron chi connectivity index (χ3n) is 2.95. The topological polar surface area (TPSA) is 37.3 Å². The number of likely N-dealkylation sites (tertiary alicyclic amines) is 1. The zero-order valence-corrected chi connectivity index (χ0v) is 14.2. The molecule has 0 N–H and O–H groups in total. The average Bonchev–Trinajstić information content (AvgIpc) is 2.74. The Kier molecular flexibility index (Phi) is 9.76. The summed E-state index contributed by atoms with van der Waals surface area (Å²) < 4.78 is 10.5. The average molecular weight is 371 g/mol. The van der Waals surface area contributed by atoms with Crippen molar-refractivity contribution in [3.63, 3.8) is 0 Å². The second-order valence-corrected chi connectivity index (χ2v) is 4.59. The predicted octanol–water partition coefficient (Wildman–Crippen LogP) is 1.14. The number of aliphatic imine (C=N–C) groups is 1. The Morgan fingerprint density at radius 1 is 1.39 bits per heavy atom. The second-order valence-electron chi connectivity index (χ2n) is 4.59. The molecule has 1 aliphatic heterocycles. The minimum Gasteiger partial charge on any atom is -0.382 e. The maximum Gasteiger partial charge on any atom is 0.195 e. The highest BCUT2D eigenvalue weighted by Crippen LogP contribution is 2.17. The SMILES string of the molecule is CN=C(N(C)C)N1CCC(COCCOC)C1.I. The van der Waals surface area contributed by atoms with Gasteiger partial charge in [-0.2, -0.15) is 0 Å². The van der Waals surface area contributed by atoms with Gasteiger partial charge < -0.3 is 19.3 Å². The summed E-state index contributed by atoms with van der Waals surface area (Å²) in [4.78, 5) is 8.71. The van der Waals surface area contributed by atoms with Crippen molar-refractivity contribution in [2.24, 2.45) is 10.9 Å². The quantitative estimate of drug-likeness (QED) is 0.314. The van der Waals surface area contributed by atoms with Gasteiger partial charge in [0, 0.05) is 47.3 Å². The monoisotopic (exact) mass is 371 g/mol. The number of guanidine groups is 1. The van der Waals surface area contributed by atoms with Crippen LogP contribution in [0.3, 0.4) is 0 Å². The van der Waals surface area contributed by atoms with Crippen molar-refractivity contribution in [3.05, 3.63) is 0 Å². The minimum absolute atomic E-state index is 0. The van der Waals surface area contributed by atoms with Crippen LogP contribution in [-0.4, -0.2) is 76.9 Å². The van der Waals surface area contributed by atoms with Gasteiger partial charge in [0.05, 0.1) is 19.8 Å². The van der Waals surface area contributed by atoms with E-state index in [4.69, 9.17) is 9.47 Å². The summed E-state index contributed by atoms with van der Waals surface area (Å²) in [7, 11) is 7.61. The van der Waals surface area contributed by atoms with E-state index in [0.717, 1.165) is 25.7 Å². The van der Waals surface area contributed by atoms with Crippen molar-refractivity contribution in [1.29, 1.82) is 0 Å². The van der Waals surface area contributed by atoms with E-state index in [1.165, 1.54) is 6.42 Å². The van der Waals surface area contributed by atoms with E-state index in [1.54, 1.807) is 7.11 Å². The number of rotatable bonds is 5. The van der Waals surface area contributed by atoms with Gasteiger partial charge in [0.1, 0.15) is 0 Å². The lowest BCUT2D eigenvalue weighted by molar-refractivity contribution is 0.0535. The third-order valence-corrected chi connectivity index (χ3v) is 2.95. The van der Waals surface area contributed by atoms with Gasteiger partial charge in [0.2, 0.25) is 0 Å². The first kappa shape index (κ1) is 17.9. The van der Waals surface area contributed by atoms with Crippen molar-refractivity contribution >= 4 is 29.9 Å². The third kappa shape index (κ3) is 5.71. The van der Waals surface area contributed by atoms with Gasteiger partial charge in [-0.1, -0.05) is 0 Å². The van der Waals surface area contributed by atoms with Gasteiger partial charge in [-0.25, -0.2) is 0 Å². The fourth-order valence-electron chi connectivity index (χ4n) is 2.17. The van der Waals surface area contributed by atoms with Crippen LogP contribution in [-0.2, 0) is 9.47 Å². The highest BCUT2D eigenvalue weighted by molar-refractivity contribution is 14.0. The Balaban J connectivity index is 0.00000289. The maximum atomic E-state index is 5.58. The molecule has 1 unspecified atom stereocenters. The molecule has 1 heterocycles. The van der Waals surface area contributed by atoms with E-state index in [-0.39, 0.29) is 24.0 Å². The van der Waals surface area contributed by atoms with Crippen molar-refractivity contribution in [2.45, 2.75) is 6.42 Å². The van der Waals surface area contributed by atoms with E-state index in [9.17, 15) is 0 Å². The molecule has 1 saturated heterocycles. The van der Waals surface area contributed by atoms with Gasteiger partial charge in [-0.15, -0.1) is 24.0 Å². The molecule has 0 saturated carbocycles. The van der Waals surface area contributed by atoms with E-state index >= 15 is 0 Å². The van der Waals surface area contributed by atoms with Crippen molar-refractivity contribution in [3.8, 4) is 0 Å². The van der Waals surface area contributed by atoms with Gasteiger partial charge >= 0.3 is 0 Å². The minimum atomic E-state index is 0. The molecule has 0 aromatic carbocycles. The molecule has 6 heteroatoms. The molecule has 0 aliphatic carbocycles. The largest absolute Gasteiger partial charge is 0.382 e. The summed E-state index contributed by atoms with van der Waals surface area (Å²) in [5.74, 6) is 1.67. The predicted molar refractivity (Wildman–Crippen MR) is 84.8 cm³/mol. The number of hydrogen-bond donors (Lipinski definition) is 0. The number of nitrogens with zero attached hydrogens (tertiary/aromatic N) is 3. The van der Waals surface area contributed by atoms with Crippen molar-refractivity contribution in [2.75, 3.05) is 61.2 Å². The standard InChI is InChI=1S/C12H25N3O2.HI/c1-13-12(14(2)3)15-6-5-11(9-15)10-17-8-7-16-4;/h11H,5-10H2,1-4H3;1H. The molecule has 1 aliphatic rings. The number of halogens is 1. The van der Waals surface area contributed by atoms with Crippen LogP contribution in [0.4, 0.5) is 0 Å². The van der Waals surface area contributed by atoms with Crippen LogP contribution >= 0.6 is 24.0 Å². The second kappa shape index (κ2) is 9.80. The van der Waals surface area contributed by atoms with Gasteiger partial charge in [0.25, 0.3) is 0 Å². The molecule has 1 fully saturated rings. The lowest BCUT2D eigenvalue weighted by Gasteiger charge is -2.25. The first-order valence-electron chi connectivity index (χ1n) is 6.14. The van der Waals surface area contributed by atoms with Crippen LogP contribution < -0.4 is 0 Å². The van der Waals surface area contributed by atoms with E-state index in [2.05, 4.69) is 14.8 Å². The molecule has 108 valence electrons. The maximum absolute atomic E-state index is 5.58. The number of hydrogen-bond acceptors (Lipinski definition) is 3. The van der Waals surface area contributed by atoms with Gasteiger partial charge in [-0.05, 0) is 6.42 Å². The van der Waals surface area contributed by atoms with Gasteiger partial charge in [-0.3, -0.25) is 4.99 Å². The Morgan fingerprint density at radius 3 is 2.67 bits per heavy atom. The first-order valence-corrected chi connectivity index (χ1v) is 6.14. The molecular formula is C12H26IN3O2. The Hall–Kier alpha value is -0.0800. The van der Waals surface area contributed by atoms with Crippen LogP contribution in [0, 0.1) is 5.92 Å². The Morgan fingerprint density at radius 2 is 2.11 bits per heavy atom. The molecule has 0 amide bonds. The molecule has 0 spiro atoms. The van der Waals surface area contributed by atoms with Crippen LogP contribution in [0.2, 0.25) is 0 Å². The number of methoxy groups -OCH3 is 1. The van der Waals surface area contributed by atoms with Crippen LogP contribution in [0.15, 0.2) is 4.99 Å². The molecule has 0 bridgehead atoms.